The number of fused-ring (bicyclic) bond motifs is 3. The Morgan fingerprint density at radius 3 is 2.94 bits per heavy atom. The smallest absolute Gasteiger partial charge is 0.314 e. The average molecular weight is 217 g/mol. The molecule has 4 heteroatoms. The Morgan fingerprint density at radius 2 is 2.12 bits per heavy atom. The van der Waals surface area contributed by atoms with E-state index in [4.69, 9.17) is 5.73 Å². The van der Waals surface area contributed by atoms with Gasteiger partial charge in [0.1, 0.15) is 0 Å². The topological polar surface area (TPSA) is 49.6 Å². The summed E-state index contributed by atoms with van der Waals surface area (Å²) in [5.74, 6) is 0. The predicted molar refractivity (Wildman–Crippen MR) is 60.7 cm³/mol. The van der Waals surface area contributed by atoms with Crippen molar-refractivity contribution < 1.29 is 4.79 Å². The molecule has 2 heterocycles. The molecule has 1 aromatic rings. The molecule has 16 heavy (non-hydrogen) atoms. The first kappa shape index (κ1) is 9.66. The first-order valence-electron chi connectivity index (χ1n) is 5.62. The highest BCUT2D eigenvalue weighted by molar-refractivity contribution is 5.72. The molecule has 2 amide bonds. The van der Waals surface area contributed by atoms with Crippen molar-refractivity contribution in [3.8, 4) is 0 Å². The highest BCUT2D eigenvalue weighted by atomic mass is 16.2. The van der Waals surface area contributed by atoms with Crippen molar-refractivity contribution >= 4 is 6.03 Å². The summed E-state index contributed by atoms with van der Waals surface area (Å²) < 4.78 is 0. The molecule has 0 saturated carbocycles. The van der Waals surface area contributed by atoms with Crippen LogP contribution in [-0.4, -0.2) is 35.5 Å². The van der Waals surface area contributed by atoms with Crippen LogP contribution in [0.2, 0.25) is 0 Å². The van der Waals surface area contributed by atoms with Gasteiger partial charge in [0.25, 0.3) is 0 Å². The number of urea groups is 1. The van der Waals surface area contributed by atoms with E-state index in [2.05, 4.69) is 29.2 Å². The van der Waals surface area contributed by atoms with Crippen molar-refractivity contribution in [3.63, 3.8) is 0 Å². The molecule has 4 nitrogen and oxygen atoms in total. The Balaban J connectivity index is 1.89. The summed E-state index contributed by atoms with van der Waals surface area (Å²) in [4.78, 5) is 15.3. The van der Waals surface area contributed by atoms with E-state index in [1.54, 1.807) is 4.90 Å². The van der Waals surface area contributed by atoms with Gasteiger partial charge in [-0.2, -0.15) is 0 Å². The molecule has 2 N–H and O–H groups in total. The molecule has 1 aromatic carbocycles. The maximum atomic E-state index is 11.2. The number of piperazine rings is 1. The third kappa shape index (κ3) is 1.38. The number of carbonyl (C=O) groups is 1. The normalized spacial score (nSPS) is 24.0. The van der Waals surface area contributed by atoms with Crippen LogP contribution in [0.25, 0.3) is 0 Å². The molecule has 0 spiro atoms. The van der Waals surface area contributed by atoms with Crippen LogP contribution in [0.1, 0.15) is 17.2 Å². The second kappa shape index (κ2) is 3.49. The van der Waals surface area contributed by atoms with Gasteiger partial charge in [-0.25, -0.2) is 4.79 Å². The van der Waals surface area contributed by atoms with Crippen molar-refractivity contribution in [1.82, 2.24) is 9.80 Å². The van der Waals surface area contributed by atoms with E-state index in [0.29, 0.717) is 6.04 Å². The van der Waals surface area contributed by atoms with E-state index in [-0.39, 0.29) is 6.03 Å². The lowest BCUT2D eigenvalue weighted by molar-refractivity contribution is 0.102. The van der Waals surface area contributed by atoms with Gasteiger partial charge in [-0.3, -0.25) is 4.90 Å². The number of primary amides is 1. The maximum Gasteiger partial charge on any atom is 0.314 e. The molecule has 1 fully saturated rings. The zero-order valence-corrected chi connectivity index (χ0v) is 9.10. The fraction of sp³-hybridized carbons (Fsp3) is 0.417. The van der Waals surface area contributed by atoms with Crippen molar-refractivity contribution in [1.29, 1.82) is 0 Å². The van der Waals surface area contributed by atoms with E-state index >= 15 is 0 Å². The average Bonchev–Trinajstić information content (AvgIpc) is 2.66. The minimum absolute atomic E-state index is 0.302. The SMILES string of the molecule is NC(=O)N1CCN2Cc3ccccc3C2C1. The van der Waals surface area contributed by atoms with Gasteiger partial charge in [0.15, 0.2) is 0 Å². The fourth-order valence-electron chi connectivity index (χ4n) is 2.73. The second-order valence-electron chi connectivity index (χ2n) is 4.47. The van der Waals surface area contributed by atoms with Crippen LogP contribution in [0.5, 0.6) is 0 Å². The van der Waals surface area contributed by atoms with Crippen molar-refractivity contribution in [2.45, 2.75) is 12.6 Å². The first-order chi connectivity index (χ1) is 7.75. The molecule has 0 aromatic heterocycles. The molecule has 1 saturated heterocycles. The third-order valence-corrected chi connectivity index (χ3v) is 3.59. The summed E-state index contributed by atoms with van der Waals surface area (Å²) in [5, 5.41) is 0. The molecule has 0 aliphatic carbocycles. The third-order valence-electron chi connectivity index (χ3n) is 3.59. The molecule has 0 bridgehead atoms. The van der Waals surface area contributed by atoms with Crippen molar-refractivity contribution in [2.24, 2.45) is 5.73 Å². The van der Waals surface area contributed by atoms with Gasteiger partial charge in [-0.15, -0.1) is 0 Å². The minimum Gasteiger partial charge on any atom is -0.351 e. The Morgan fingerprint density at radius 1 is 1.31 bits per heavy atom. The molecular formula is C12H15N3O. The van der Waals surface area contributed by atoms with Crippen molar-refractivity contribution in [3.05, 3.63) is 35.4 Å². The molecule has 2 aliphatic rings. The Hall–Kier alpha value is -1.55. The fourth-order valence-corrected chi connectivity index (χ4v) is 2.73. The predicted octanol–water partition coefficient (Wildman–Crippen LogP) is 0.938. The highest BCUT2D eigenvalue weighted by Crippen LogP contribution is 2.35. The summed E-state index contributed by atoms with van der Waals surface area (Å²) in [5.41, 5.74) is 8.08. The summed E-state index contributed by atoms with van der Waals surface area (Å²) in [6, 6.07) is 8.50. The molecule has 3 rings (SSSR count). The van der Waals surface area contributed by atoms with Crippen LogP contribution in [0.4, 0.5) is 4.79 Å². The number of hydrogen-bond acceptors (Lipinski definition) is 2. The monoisotopic (exact) mass is 217 g/mol. The zero-order valence-electron chi connectivity index (χ0n) is 9.10. The number of carbonyl (C=O) groups excluding carboxylic acids is 1. The van der Waals surface area contributed by atoms with Crippen molar-refractivity contribution in [2.75, 3.05) is 19.6 Å². The van der Waals surface area contributed by atoms with Gasteiger partial charge >= 0.3 is 6.03 Å². The molecule has 1 unspecified atom stereocenters. The van der Waals surface area contributed by atoms with E-state index in [1.165, 1.54) is 11.1 Å². The molecule has 2 aliphatic heterocycles. The lowest BCUT2D eigenvalue weighted by Crippen LogP contribution is -2.49. The van der Waals surface area contributed by atoms with Crippen LogP contribution in [0.3, 0.4) is 0 Å². The lowest BCUT2D eigenvalue weighted by Gasteiger charge is -2.36. The van der Waals surface area contributed by atoms with Gasteiger partial charge in [0, 0.05) is 26.2 Å². The first-order valence-corrected chi connectivity index (χ1v) is 5.62. The number of nitrogens with two attached hydrogens (primary N) is 1. The van der Waals surface area contributed by atoms with Gasteiger partial charge in [0.2, 0.25) is 0 Å². The van der Waals surface area contributed by atoms with E-state index in [0.717, 1.165) is 26.2 Å². The Kier molecular flexibility index (Phi) is 2.11. The summed E-state index contributed by atoms with van der Waals surface area (Å²) in [7, 11) is 0. The maximum absolute atomic E-state index is 11.2. The molecule has 84 valence electrons. The van der Waals surface area contributed by atoms with Gasteiger partial charge in [0.05, 0.1) is 6.04 Å². The number of hydrogen-bond donors (Lipinski definition) is 1. The van der Waals surface area contributed by atoms with Gasteiger partial charge < -0.3 is 10.6 Å². The summed E-state index contributed by atoms with van der Waals surface area (Å²) >= 11 is 0. The van der Waals surface area contributed by atoms with Gasteiger partial charge in [-0.05, 0) is 11.1 Å². The van der Waals surface area contributed by atoms with Crippen LogP contribution in [0, 0.1) is 0 Å². The largest absolute Gasteiger partial charge is 0.351 e. The highest BCUT2D eigenvalue weighted by Gasteiger charge is 2.35. The van der Waals surface area contributed by atoms with Crippen LogP contribution in [-0.2, 0) is 6.54 Å². The molecular weight excluding hydrogens is 202 g/mol. The van der Waals surface area contributed by atoms with E-state index < -0.39 is 0 Å². The summed E-state index contributed by atoms with van der Waals surface area (Å²) in [6.45, 7) is 3.40. The number of nitrogens with zero attached hydrogens (tertiary/aromatic N) is 2. The van der Waals surface area contributed by atoms with Crippen LogP contribution < -0.4 is 5.73 Å². The Bertz CT molecular complexity index is 432. The lowest BCUT2D eigenvalue weighted by atomic mass is 10.0. The molecule has 0 radical (unpaired) electrons. The second-order valence-corrected chi connectivity index (χ2v) is 4.47. The quantitative estimate of drug-likeness (QED) is 0.703. The van der Waals surface area contributed by atoms with E-state index in [9.17, 15) is 4.79 Å². The number of amides is 2. The summed E-state index contributed by atoms with van der Waals surface area (Å²) in [6.07, 6.45) is 0. The standard InChI is InChI=1S/C12H15N3O/c13-12(16)15-6-5-14-7-9-3-1-2-4-10(9)11(14)8-15/h1-4,11H,5-8H2,(H2,13,16). The Labute approximate surface area is 94.6 Å². The molecule has 1 atom stereocenters. The zero-order chi connectivity index (χ0) is 11.1. The van der Waals surface area contributed by atoms with E-state index in [1.807, 2.05) is 0 Å². The van der Waals surface area contributed by atoms with Crippen LogP contribution >= 0.6 is 0 Å². The van der Waals surface area contributed by atoms with Crippen LogP contribution in [0.15, 0.2) is 24.3 Å². The minimum atomic E-state index is -0.302. The van der Waals surface area contributed by atoms with Gasteiger partial charge in [-0.1, -0.05) is 24.3 Å². The number of rotatable bonds is 0. The number of benzene rings is 1.